The van der Waals surface area contributed by atoms with E-state index in [-0.39, 0.29) is 11.8 Å². The normalized spacial score (nSPS) is 14.6. The van der Waals surface area contributed by atoms with Crippen molar-refractivity contribution in [3.05, 3.63) is 52.4 Å². The van der Waals surface area contributed by atoms with Gasteiger partial charge in [-0.1, -0.05) is 29.8 Å². The number of rotatable bonds is 7. The third-order valence-corrected chi connectivity index (χ3v) is 5.87. The smallest absolute Gasteiger partial charge is 0.251 e. The van der Waals surface area contributed by atoms with Gasteiger partial charge in [0.05, 0.1) is 12.0 Å². The van der Waals surface area contributed by atoms with E-state index in [4.69, 9.17) is 5.73 Å². The van der Waals surface area contributed by atoms with E-state index in [9.17, 15) is 14.4 Å². The highest BCUT2D eigenvalue weighted by Crippen LogP contribution is 2.22. The van der Waals surface area contributed by atoms with Gasteiger partial charge < -0.3 is 16.0 Å². The number of hydrogen-bond acceptors (Lipinski definition) is 5. The Labute approximate surface area is 174 Å². The van der Waals surface area contributed by atoms with Crippen LogP contribution in [0.4, 0.5) is 5.00 Å². The third kappa shape index (κ3) is 5.88. The molecule has 0 saturated carbocycles. The van der Waals surface area contributed by atoms with Crippen LogP contribution in [-0.4, -0.2) is 60.2 Å². The summed E-state index contributed by atoms with van der Waals surface area (Å²) in [5, 5.41) is 4.98. The van der Waals surface area contributed by atoms with Gasteiger partial charge in [0.25, 0.3) is 5.91 Å². The number of benzene rings is 1. The first-order valence-electron chi connectivity index (χ1n) is 9.65. The Morgan fingerprint density at radius 2 is 1.76 bits per heavy atom. The van der Waals surface area contributed by atoms with Crippen LogP contribution in [0.5, 0.6) is 0 Å². The molecule has 0 unspecified atom stereocenters. The number of carbonyl (C=O) groups excluding carboxylic acids is 3. The lowest BCUT2D eigenvalue weighted by molar-refractivity contribution is -0.132. The first kappa shape index (κ1) is 21.0. The number of primary amides is 1. The summed E-state index contributed by atoms with van der Waals surface area (Å²) in [6.45, 7) is 5.48. The highest BCUT2D eigenvalue weighted by Gasteiger charge is 2.21. The minimum atomic E-state index is -0.548. The predicted octanol–water partition coefficient (Wildman–Crippen LogP) is 1.87. The largest absolute Gasteiger partial charge is 0.366 e. The molecule has 2 heterocycles. The van der Waals surface area contributed by atoms with Crippen LogP contribution in [0.2, 0.25) is 0 Å². The number of hydrogen-bond donors (Lipinski definition) is 2. The summed E-state index contributed by atoms with van der Waals surface area (Å²) in [5.74, 6) is -0.552. The quantitative estimate of drug-likeness (QED) is 0.723. The van der Waals surface area contributed by atoms with Crippen molar-refractivity contribution in [2.75, 3.05) is 38.0 Å². The molecule has 29 heavy (non-hydrogen) atoms. The van der Waals surface area contributed by atoms with Crippen molar-refractivity contribution in [1.29, 1.82) is 0 Å². The molecule has 0 aliphatic carbocycles. The maximum absolute atomic E-state index is 12.5. The van der Waals surface area contributed by atoms with Gasteiger partial charge in [0.2, 0.25) is 11.8 Å². The molecule has 154 valence electrons. The summed E-state index contributed by atoms with van der Waals surface area (Å²) >= 11 is 1.28. The Bertz CT molecular complexity index is 870. The number of nitrogens with zero attached hydrogens (tertiary/aromatic N) is 2. The monoisotopic (exact) mass is 414 g/mol. The van der Waals surface area contributed by atoms with Crippen LogP contribution in [0, 0.1) is 6.92 Å². The van der Waals surface area contributed by atoms with E-state index >= 15 is 0 Å². The maximum atomic E-state index is 12.5. The highest BCUT2D eigenvalue weighted by molar-refractivity contribution is 7.14. The van der Waals surface area contributed by atoms with Crippen molar-refractivity contribution < 1.29 is 14.4 Å². The molecule has 1 aliphatic rings. The lowest BCUT2D eigenvalue weighted by Gasteiger charge is -2.34. The van der Waals surface area contributed by atoms with Gasteiger partial charge in [-0.2, -0.15) is 0 Å². The number of carbonyl (C=O) groups is 3. The molecule has 0 spiro atoms. The van der Waals surface area contributed by atoms with Crippen LogP contribution < -0.4 is 11.1 Å². The van der Waals surface area contributed by atoms with Crippen LogP contribution in [0.25, 0.3) is 0 Å². The number of nitrogens with two attached hydrogens (primary N) is 1. The van der Waals surface area contributed by atoms with E-state index < -0.39 is 5.91 Å². The zero-order chi connectivity index (χ0) is 20.8. The zero-order valence-corrected chi connectivity index (χ0v) is 17.3. The van der Waals surface area contributed by atoms with Gasteiger partial charge in [-0.05, 0) is 23.9 Å². The van der Waals surface area contributed by atoms with Crippen molar-refractivity contribution in [3.8, 4) is 0 Å². The molecule has 1 aromatic heterocycles. The third-order valence-electron chi connectivity index (χ3n) is 5.04. The molecule has 0 atom stereocenters. The van der Waals surface area contributed by atoms with Gasteiger partial charge >= 0.3 is 0 Å². The summed E-state index contributed by atoms with van der Waals surface area (Å²) < 4.78 is 0. The van der Waals surface area contributed by atoms with Gasteiger partial charge in [-0.25, -0.2) is 0 Å². The lowest BCUT2D eigenvalue weighted by Crippen LogP contribution is -2.49. The molecule has 7 nitrogen and oxygen atoms in total. The summed E-state index contributed by atoms with van der Waals surface area (Å²) in [4.78, 5) is 40.1. The molecule has 0 bridgehead atoms. The second-order valence-corrected chi connectivity index (χ2v) is 8.13. The number of aryl methyl sites for hydroxylation is 1. The van der Waals surface area contributed by atoms with E-state index in [0.717, 1.165) is 18.7 Å². The average molecular weight is 415 g/mol. The number of piperazine rings is 1. The van der Waals surface area contributed by atoms with E-state index in [1.54, 1.807) is 11.4 Å². The van der Waals surface area contributed by atoms with E-state index in [1.165, 1.54) is 16.9 Å². The molecule has 3 N–H and O–H groups in total. The lowest BCUT2D eigenvalue weighted by atomic mass is 10.1. The number of nitrogens with one attached hydrogen (secondary N) is 1. The molecular weight excluding hydrogens is 388 g/mol. The Hall–Kier alpha value is -2.71. The SMILES string of the molecule is Cc1ccc(CC(=O)N2CCN(CCC(=O)Nc3sccc3C(N)=O)CC2)cc1. The maximum Gasteiger partial charge on any atom is 0.251 e. The first-order valence-corrected chi connectivity index (χ1v) is 10.5. The van der Waals surface area contributed by atoms with Crippen molar-refractivity contribution in [3.63, 3.8) is 0 Å². The van der Waals surface area contributed by atoms with E-state index in [1.807, 2.05) is 36.1 Å². The molecule has 1 fully saturated rings. The van der Waals surface area contributed by atoms with E-state index in [0.29, 0.717) is 43.0 Å². The summed E-state index contributed by atoms with van der Waals surface area (Å²) in [5.41, 5.74) is 7.85. The van der Waals surface area contributed by atoms with E-state index in [2.05, 4.69) is 10.2 Å². The second-order valence-electron chi connectivity index (χ2n) is 7.21. The van der Waals surface area contributed by atoms with Gasteiger partial charge in [0.15, 0.2) is 0 Å². The predicted molar refractivity (Wildman–Crippen MR) is 114 cm³/mol. The van der Waals surface area contributed by atoms with Crippen LogP contribution in [-0.2, 0) is 16.0 Å². The minimum absolute atomic E-state index is 0.142. The van der Waals surface area contributed by atoms with Crippen molar-refractivity contribution in [1.82, 2.24) is 9.80 Å². The molecule has 2 aromatic rings. The summed E-state index contributed by atoms with van der Waals surface area (Å²) in [6, 6.07) is 9.65. The molecule has 1 aromatic carbocycles. The molecule has 0 radical (unpaired) electrons. The first-order chi connectivity index (χ1) is 13.9. The minimum Gasteiger partial charge on any atom is -0.366 e. The van der Waals surface area contributed by atoms with Gasteiger partial charge in [-0.3, -0.25) is 19.3 Å². The Kier molecular flexibility index (Phi) is 7.00. The van der Waals surface area contributed by atoms with Crippen LogP contribution in [0.1, 0.15) is 27.9 Å². The van der Waals surface area contributed by atoms with Crippen molar-refractivity contribution in [2.45, 2.75) is 19.8 Å². The fourth-order valence-electron chi connectivity index (χ4n) is 3.26. The molecular formula is C21H26N4O3S. The molecule has 3 amide bonds. The summed E-state index contributed by atoms with van der Waals surface area (Å²) in [7, 11) is 0. The van der Waals surface area contributed by atoms with Crippen molar-refractivity contribution >= 4 is 34.1 Å². The fourth-order valence-corrected chi connectivity index (χ4v) is 4.07. The van der Waals surface area contributed by atoms with Gasteiger partial charge in [0.1, 0.15) is 5.00 Å². The van der Waals surface area contributed by atoms with Crippen molar-refractivity contribution in [2.24, 2.45) is 5.73 Å². The standard InChI is InChI=1S/C21H26N4O3S/c1-15-2-4-16(5-3-15)14-19(27)25-11-9-24(10-12-25)8-6-18(26)23-21-17(20(22)28)7-13-29-21/h2-5,7,13H,6,8-12,14H2,1H3,(H2,22,28)(H,23,26). The number of thiophene rings is 1. The Morgan fingerprint density at radius 3 is 2.41 bits per heavy atom. The fraction of sp³-hybridized carbons (Fsp3) is 0.381. The second kappa shape index (κ2) is 9.67. The highest BCUT2D eigenvalue weighted by atomic mass is 32.1. The number of anilines is 1. The zero-order valence-electron chi connectivity index (χ0n) is 16.5. The van der Waals surface area contributed by atoms with Gasteiger partial charge in [0, 0.05) is 39.1 Å². The Morgan fingerprint density at radius 1 is 1.07 bits per heavy atom. The molecule has 3 rings (SSSR count). The average Bonchev–Trinajstić information content (AvgIpc) is 3.17. The van der Waals surface area contributed by atoms with Gasteiger partial charge in [-0.15, -0.1) is 11.3 Å². The molecule has 1 aliphatic heterocycles. The number of amides is 3. The van der Waals surface area contributed by atoms with Crippen LogP contribution in [0.15, 0.2) is 35.7 Å². The molecule has 1 saturated heterocycles. The van der Waals surface area contributed by atoms with Crippen LogP contribution >= 0.6 is 11.3 Å². The Balaban J connectivity index is 1.39. The molecule has 8 heteroatoms. The summed E-state index contributed by atoms with van der Waals surface area (Å²) in [6.07, 6.45) is 0.749. The topological polar surface area (TPSA) is 95.7 Å². The van der Waals surface area contributed by atoms with Crippen LogP contribution in [0.3, 0.4) is 0 Å².